The molecule has 0 aliphatic carbocycles. The molecule has 1 fully saturated rings. The Kier molecular flexibility index (Phi) is 8.44. The Morgan fingerprint density at radius 2 is 1.84 bits per heavy atom. The number of urea groups is 1. The number of amides is 4. The molecule has 0 bridgehead atoms. The smallest absolute Gasteiger partial charge is 0.341 e. The number of rotatable bonds is 6. The molecule has 0 saturated carbocycles. The van der Waals surface area contributed by atoms with E-state index in [1.807, 2.05) is 13.8 Å². The molecule has 0 unspecified atom stereocenters. The van der Waals surface area contributed by atoms with Crippen molar-refractivity contribution in [1.82, 2.24) is 14.5 Å². The second-order valence-electron chi connectivity index (χ2n) is 7.84. The van der Waals surface area contributed by atoms with Crippen molar-refractivity contribution in [2.75, 3.05) is 19.6 Å². The molecule has 1 heterocycles. The van der Waals surface area contributed by atoms with Gasteiger partial charge in [-0.1, -0.05) is 13.8 Å². The second-order valence-corrected chi connectivity index (χ2v) is 9.66. The normalized spacial score (nSPS) is 17.0. The molecule has 1 aliphatic heterocycles. The van der Waals surface area contributed by atoms with E-state index in [1.165, 1.54) is 0 Å². The molecule has 12 heteroatoms. The van der Waals surface area contributed by atoms with Crippen LogP contribution in [0.25, 0.3) is 0 Å². The monoisotopic (exact) mass is 470 g/mol. The van der Waals surface area contributed by atoms with Gasteiger partial charge in [0.25, 0.3) is 10.0 Å². The number of hydrogen-bond acceptors (Lipinski definition) is 7. The molecule has 1 aromatic rings. The van der Waals surface area contributed by atoms with E-state index in [-0.39, 0.29) is 31.8 Å². The number of benzene rings is 1. The van der Waals surface area contributed by atoms with Gasteiger partial charge >= 0.3 is 17.8 Å². The minimum atomic E-state index is -4.69. The first-order valence-corrected chi connectivity index (χ1v) is 11.6. The molecule has 0 aromatic heterocycles. The first-order chi connectivity index (χ1) is 15.0. The van der Waals surface area contributed by atoms with Gasteiger partial charge in [0.1, 0.15) is 11.9 Å². The highest BCUT2D eigenvalue weighted by atomic mass is 32.2. The molecule has 1 saturated heterocycles. The number of carbonyl (C=O) groups excluding carboxylic acids is 4. The van der Waals surface area contributed by atoms with Crippen LogP contribution in [0.1, 0.15) is 33.1 Å². The summed E-state index contributed by atoms with van der Waals surface area (Å²) in [5, 5.41) is 2.84. The van der Waals surface area contributed by atoms with Crippen molar-refractivity contribution < 1.29 is 32.0 Å². The Labute approximate surface area is 186 Å². The maximum Gasteiger partial charge on any atom is 0.341 e. The Bertz CT molecular complexity index is 980. The van der Waals surface area contributed by atoms with Gasteiger partial charge in [0.2, 0.25) is 0 Å². The van der Waals surface area contributed by atoms with E-state index in [1.54, 1.807) is 0 Å². The van der Waals surface area contributed by atoms with Crippen molar-refractivity contribution in [3.05, 3.63) is 30.1 Å². The third-order valence-corrected chi connectivity index (χ3v) is 6.76. The fraction of sp³-hybridized carbons (Fsp3) is 0.500. The minimum absolute atomic E-state index is 0.0110. The lowest BCUT2D eigenvalue weighted by Gasteiger charge is -2.33. The van der Waals surface area contributed by atoms with Gasteiger partial charge in [0, 0.05) is 6.54 Å². The number of nitrogens with two attached hydrogens (primary N) is 1. The van der Waals surface area contributed by atoms with Crippen molar-refractivity contribution >= 4 is 33.7 Å². The van der Waals surface area contributed by atoms with E-state index < -0.39 is 50.4 Å². The fourth-order valence-electron chi connectivity index (χ4n) is 3.21. The van der Waals surface area contributed by atoms with E-state index in [2.05, 4.69) is 5.32 Å². The highest BCUT2D eigenvalue weighted by Gasteiger charge is 2.43. The number of ketones is 1. The summed E-state index contributed by atoms with van der Waals surface area (Å²) in [7, 11) is -4.69. The lowest BCUT2D eigenvalue weighted by Crippen LogP contribution is -2.57. The van der Waals surface area contributed by atoms with E-state index in [0.717, 1.165) is 24.3 Å². The molecular weight excluding hydrogens is 443 g/mol. The maximum absolute atomic E-state index is 13.4. The van der Waals surface area contributed by atoms with E-state index in [0.29, 0.717) is 22.2 Å². The van der Waals surface area contributed by atoms with Crippen molar-refractivity contribution in [3.63, 3.8) is 0 Å². The minimum Gasteiger partial charge on any atom is -0.361 e. The summed E-state index contributed by atoms with van der Waals surface area (Å²) in [6.45, 7) is 3.60. The van der Waals surface area contributed by atoms with Crippen molar-refractivity contribution in [1.29, 1.82) is 0 Å². The SMILES string of the molecule is CC(C)CCN(C(=O)C(N)=O)C(=O)N([C@H]1CCCNCC1=O)S(=O)(=O)c1ccc(F)cc1. The van der Waals surface area contributed by atoms with Gasteiger partial charge in [0.05, 0.1) is 11.4 Å². The van der Waals surface area contributed by atoms with Crippen LogP contribution < -0.4 is 11.1 Å². The number of hydrogen-bond donors (Lipinski definition) is 2. The van der Waals surface area contributed by atoms with Gasteiger partial charge in [-0.2, -0.15) is 0 Å². The average molecular weight is 471 g/mol. The Morgan fingerprint density at radius 1 is 1.22 bits per heavy atom. The zero-order chi connectivity index (χ0) is 24.1. The number of nitrogens with zero attached hydrogens (tertiary/aromatic N) is 2. The molecule has 2 rings (SSSR count). The van der Waals surface area contributed by atoms with Crippen LogP contribution in [0.4, 0.5) is 9.18 Å². The summed E-state index contributed by atoms with van der Waals surface area (Å²) >= 11 is 0. The van der Waals surface area contributed by atoms with Crippen molar-refractivity contribution in [2.24, 2.45) is 11.7 Å². The quantitative estimate of drug-likeness (QED) is 0.579. The van der Waals surface area contributed by atoms with Crippen molar-refractivity contribution in [3.8, 4) is 0 Å². The van der Waals surface area contributed by atoms with E-state index in [4.69, 9.17) is 5.73 Å². The van der Waals surface area contributed by atoms with Gasteiger partial charge in [-0.3, -0.25) is 19.3 Å². The molecule has 0 spiro atoms. The third kappa shape index (κ3) is 5.88. The lowest BCUT2D eigenvalue weighted by molar-refractivity contribution is -0.142. The highest BCUT2D eigenvalue weighted by Crippen LogP contribution is 2.25. The van der Waals surface area contributed by atoms with Crippen LogP contribution in [-0.4, -0.2) is 66.9 Å². The van der Waals surface area contributed by atoms with Gasteiger partial charge in [-0.25, -0.2) is 21.9 Å². The van der Waals surface area contributed by atoms with Gasteiger partial charge in [-0.05, 0) is 56.0 Å². The van der Waals surface area contributed by atoms with Crippen LogP contribution in [0.3, 0.4) is 0 Å². The number of sulfonamides is 1. The summed E-state index contributed by atoms with van der Waals surface area (Å²) in [5.41, 5.74) is 5.08. The largest absolute Gasteiger partial charge is 0.361 e. The van der Waals surface area contributed by atoms with Gasteiger partial charge < -0.3 is 11.1 Å². The standard InChI is InChI=1S/C20H27FN4O6S/c1-13(2)9-11-24(19(28)18(22)27)20(29)25(16-4-3-10-23-12-17(16)26)32(30,31)15-7-5-14(21)6-8-15/h5-8,13,16,23H,3-4,9-12H2,1-2H3,(H2,22,27)/t16-/m0/s1. The first-order valence-electron chi connectivity index (χ1n) is 10.2. The number of primary amides is 1. The molecule has 3 N–H and O–H groups in total. The second kappa shape index (κ2) is 10.6. The molecule has 1 aliphatic rings. The van der Waals surface area contributed by atoms with Gasteiger partial charge in [-0.15, -0.1) is 0 Å². The molecule has 32 heavy (non-hydrogen) atoms. The fourth-order valence-corrected chi connectivity index (χ4v) is 4.78. The molecule has 4 amide bonds. The predicted octanol–water partition coefficient (Wildman–Crippen LogP) is 0.618. The van der Waals surface area contributed by atoms with E-state index in [9.17, 15) is 32.0 Å². The highest BCUT2D eigenvalue weighted by molar-refractivity contribution is 7.89. The molecular formula is C20H27FN4O6S. The van der Waals surface area contributed by atoms with Crippen LogP contribution in [-0.2, 0) is 24.4 Å². The zero-order valence-electron chi connectivity index (χ0n) is 17.9. The summed E-state index contributed by atoms with van der Waals surface area (Å²) in [4.78, 5) is 50.1. The predicted molar refractivity (Wildman–Crippen MR) is 112 cm³/mol. The molecule has 0 radical (unpaired) electrons. The number of imide groups is 1. The van der Waals surface area contributed by atoms with E-state index >= 15 is 0 Å². The van der Waals surface area contributed by atoms with Crippen LogP contribution in [0.5, 0.6) is 0 Å². The van der Waals surface area contributed by atoms with Crippen LogP contribution in [0, 0.1) is 11.7 Å². The summed E-state index contributed by atoms with van der Waals surface area (Å²) in [6.07, 6.45) is 0.672. The Balaban J connectivity index is 2.60. The lowest BCUT2D eigenvalue weighted by atomic mass is 10.1. The molecule has 10 nitrogen and oxygen atoms in total. The molecule has 1 atom stereocenters. The van der Waals surface area contributed by atoms with Crippen LogP contribution >= 0.6 is 0 Å². The first kappa shape index (κ1) is 25.4. The average Bonchev–Trinajstić information content (AvgIpc) is 2.92. The summed E-state index contributed by atoms with van der Waals surface area (Å²) < 4.78 is 40.6. The summed E-state index contributed by atoms with van der Waals surface area (Å²) in [5.74, 6) is -4.07. The van der Waals surface area contributed by atoms with Gasteiger partial charge in [0.15, 0.2) is 5.78 Å². The molecule has 176 valence electrons. The van der Waals surface area contributed by atoms with Crippen LogP contribution in [0.2, 0.25) is 0 Å². The number of Topliss-reactive ketones (excluding diaryl/α,β-unsaturated/α-hetero) is 1. The number of carbonyl (C=O) groups is 4. The Hall–Kier alpha value is -2.86. The number of nitrogens with one attached hydrogen (secondary N) is 1. The zero-order valence-corrected chi connectivity index (χ0v) is 18.7. The summed E-state index contributed by atoms with van der Waals surface area (Å²) in [6, 6.07) is 0.958. The Morgan fingerprint density at radius 3 is 2.41 bits per heavy atom. The maximum atomic E-state index is 13.4. The third-order valence-electron chi connectivity index (χ3n) is 4.96. The number of halogens is 1. The van der Waals surface area contributed by atoms with Crippen LogP contribution in [0.15, 0.2) is 29.2 Å². The topological polar surface area (TPSA) is 147 Å². The van der Waals surface area contributed by atoms with Crippen molar-refractivity contribution in [2.45, 2.75) is 44.0 Å². The molecule has 1 aromatic carbocycles.